The number of hydrogen-bond acceptors (Lipinski definition) is 5. The number of thioether (sulfide) groups is 2. The summed E-state index contributed by atoms with van der Waals surface area (Å²) in [4.78, 5) is 8.81. The van der Waals surface area contributed by atoms with Crippen LogP contribution in [0.1, 0.15) is 0 Å². The van der Waals surface area contributed by atoms with Gasteiger partial charge < -0.3 is 0 Å². The summed E-state index contributed by atoms with van der Waals surface area (Å²) in [5, 5.41) is 6.99. The standard InChI is InChI=1S/C8H10N4S2/c1-12-6-5(4-9-12)7(13-2)11-8(10-6)14-3/h4H,1-3H3. The topological polar surface area (TPSA) is 43.6 Å². The van der Waals surface area contributed by atoms with Crippen molar-refractivity contribution in [1.29, 1.82) is 0 Å². The van der Waals surface area contributed by atoms with Crippen LogP contribution in [-0.2, 0) is 7.05 Å². The van der Waals surface area contributed by atoms with Crippen molar-refractivity contribution in [2.75, 3.05) is 12.5 Å². The van der Waals surface area contributed by atoms with Crippen LogP contribution in [0.3, 0.4) is 0 Å². The van der Waals surface area contributed by atoms with Gasteiger partial charge in [-0.1, -0.05) is 11.8 Å². The number of nitrogens with zero attached hydrogens (tertiary/aromatic N) is 4. The van der Waals surface area contributed by atoms with Gasteiger partial charge in [0.25, 0.3) is 0 Å². The maximum Gasteiger partial charge on any atom is 0.190 e. The molecule has 2 rings (SSSR count). The van der Waals surface area contributed by atoms with Crippen LogP contribution in [0.15, 0.2) is 16.4 Å². The Bertz CT molecular complexity index is 466. The molecule has 0 aliphatic rings. The second-order valence-corrected chi connectivity index (χ2v) is 4.29. The summed E-state index contributed by atoms with van der Waals surface area (Å²) in [6.07, 6.45) is 5.80. The van der Waals surface area contributed by atoms with Gasteiger partial charge in [0.2, 0.25) is 0 Å². The Hall–Kier alpha value is -0.750. The third-order valence-electron chi connectivity index (χ3n) is 1.91. The van der Waals surface area contributed by atoms with E-state index in [1.807, 2.05) is 25.8 Å². The van der Waals surface area contributed by atoms with Crippen molar-refractivity contribution in [3.63, 3.8) is 0 Å². The molecule has 0 radical (unpaired) electrons. The van der Waals surface area contributed by atoms with Gasteiger partial charge in [-0.15, -0.1) is 11.8 Å². The van der Waals surface area contributed by atoms with Crippen molar-refractivity contribution in [2.45, 2.75) is 10.2 Å². The van der Waals surface area contributed by atoms with Gasteiger partial charge in [0.05, 0.1) is 11.6 Å². The lowest BCUT2D eigenvalue weighted by atomic mass is 10.4. The summed E-state index contributed by atoms with van der Waals surface area (Å²) in [6.45, 7) is 0. The van der Waals surface area contributed by atoms with Crippen LogP contribution in [-0.4, -0.2) is 32.3 Å². The molecule has 74 valence electrons. The minimum atomic E-state index is 0.797. The van der Waals surface area contributed by atoms with Crippen LogP contribution in [0, 0.1) is 0 Å². The lowest BCUT2D eigenvalue weighted by Gasteiger charge is -2.01. The van der Waals surface area contributed by atoms with Crippen LogP contribution >= 0.6 is 23.5 Å². The highest BCUT2D eigenvalue weighted by Gasteiger charge is 2.09. The zero-order valence-corrected chi connectivity index (χ0v) is 9.82. The fraction of sp³-hybridized carbons (Fsp3) is 0.375. The Morgan fingerprint density at radius 3 is 2.64 bits per heavy atom. The predicted molar refractivity (Wildman–Crippen MR) is 59.9 cm³/mol. The molecule has 4 nitrogen and oxygen atoms in total. The molecule has 0 atom stereocenters. The Labute approximate surface area is 90.5 Å². The summed E-state index contributed by atoms with van der Waals surface area (Å²) in [6, 6.07) is 0. The molecule has 0 aliphatic heterocycles. The van der Waals surface area contributed by atoms with E-state index >= 15 is 0 Å². The smallest absolute Gasteiger partial charge is 0.190 e. The van der Waals surface area contributed by atoms with Gasteiger partial charge >= 0.3 is 0 Å². The highest BCUT2D eigenvalue weighted by Crippen LogP contribution is 2.24. The van der Waals surface area contributed by atoms with Gasteiger partial charge in [-0.3, -0.25) is 4.68 Å². The Morgan fingerprint density at radius 1 is 1.21 bits per heavy atom. The van der Waals surface area contributed by atoms with Crippen LogP contribution in [0.5, 0.6) is 0 Å². The highest BCUT2D eigenvalue weighted by molar-refractivity contribution is 7.99. The van der Waals surface area contributed by atoms with Crippen LogP contribution < -0.4 is 0 Å². The number of aryl methyl sites for hydroxylation is 1. The average Bonchev–Trinajstić information content (AvgIpc) is 2.59. The highest BCUT2D eigenvalue weighted by atomic mass is 32.2. The Balaban J connectivity index is 2.76. The molecule has 0 saturated heterocycles. The van der Waals surface area contributed by atoms with Gasteiger partial charge in [0.15, 0.2) is 10.8 Å². The van der Waals surface area contributed by atoms with Gasteiger partial charge in [-0.05, 0) is 12.5 Å². The number of aromatic nitrogens is 4. The zero-order valence-electron chi connectivity index (χ0n) is 8.18. The van der Waals surface area contributed by atoms with E-state index in [1.54, 1.807) is 28.2 Å². The Kier molecular flexibility index (Phi) is 2.64. The van der Waals surface area contributed by atoms with Crippen LogP contribution in [0.2, 0.25) is 0 Å². The van der Waals surface area contributed by atoms with Crippen molar-refractivity contribution in [3.05, 3.63) is 6.20 Å². The minimum Gasteiger partial charge on any atom is -0.250 e. The molecule has 2 aromatic rings. The minimum absolute atomic E-state index is 0.797. The largest absolute Gasteiger partial charge is 0.250 e. The van der Waals surface area contributed by atoms with Crippen molar-refractivity contribution in [2.24, 2.45) is 7.05 Å². The molecule has 0 amide bonds. The first-order chi connectivity index (χ1) is 6.76. The van der Waals surface area contributed by atoms with E-state index < -0.39 is 0 Å². The predicted octanol–water partition coefficient (Wildman–Crippen LogP) is 1.81. The van der Waals surface area contributed by atoms with E-state index in [4.69, 9.17) is 0 Å². The summed E-state index contributed by atoms with van der Waals surface area (Å²) < 4.78 is 1.77. The molecule has 2 aromatic heterocycles. The average molecular weight is 226 g/mol. The van der Waals surface area contributed by atoms with Crippen molar-refractivity contribution in [3.8, 4) is 0 Å². The summed E-state index contributed by atoms with van der Waals surface area (Å²) in [7, 11) is 1.89. The molecule has 0 spiro atoms. The molecule has 0 aliphatic carbocycles. The van der Waals surface area contributed by atoms with Crippen molar-refractivity contribution in [1.82, 2.24) is 19.7 Å². The van der Waals surface area contributed by atoms with E-state index in [9.17, 15) is 0 Å². The molecule has 0 aromatic carbocycles. The molecule has 0 unspecified atom stereocenters. The van der Waals surface area contributed by atoms with E-state index in [1.165, 1.54) is 0 Å². The Morgan fingerprint density at radius 2 is 2.00 bits per heavy atom. The third-order valence-corrected chi connectivity index (χ3v) is 3.16. The summed E-state index contributed by atoms with van der Waals surface area (Å²) in [5.41, 5.74) is 0.897. The summed E-state index contributed by atoms with van der Waals surface area (Å²) in [5.74, 6) is 0. The zero-order chi connectivity index (χ0) is 10.1. The molecule has 0 saturated carbocycles. The van der Waals surface area contributed by atoms with E-state index in [-0.39, 0.29) is 0 Å². The fourth-order valence-corrected chi connectivity index (χ4v) is 2.18. The molecular weight excluding hydrogens is 216 g/mol. The normalized spacial score (nSPS) is 11.1. The molecule has 0 fully saturated rings. The van der Waals surface area contributed by atoms with Gasteiger partial charge in [0.1, 0.15) is 5.03 Å². The molecule has 14 heavy (non-hydrogen) atoms. The molecule has 2 heterocycles. The third kappa shape index (κ3) is 1.48. The number of fused-ring (bicyclic) bond motifs is 1. The van der Waals surface area contributed by atoms with Gasteiger partial charge in [0, 0.05) is 7.05 Å². The molecule has 0 N–H and O–H groups in total. The maximum atomic E-state index is 4.41. The SMILES string of the molecule is CSc1nc(SC)c2cnn(C)c2n1. The number of rotatable bonds is 2. The quantitative estimate of drug-likeness (QED) is 0.444. The second kappa shape index (κ2) is 3.78. The van der Waals surface area contributed by atoms with Crippen LogP contribution in [0.4, 0.5) is 0 Å². The van der Waals surface area contributed by atoms with Crippen LogP contribution in [0.25, 0.3) is 11.0 Å². The first-order valence-corrected chi connectivity index (χ1v) is 6.49. The van der Waals surface area contributed by atoms with E-state index in [2.05, 4.69) is 15.1 Å². The fourth-order valence-electron chi connectivity index (χ4n) is 1.22. The monoisotopic (exact) mass is 226 g/mol. The van der Waals surface area contributed by atoms with Crippen molar-refractivity contribution < 1.29 is 0 Å². The molecule has 0 bridgehead atoms. The van der Waals surface area contributed by atoms with E-state index in [0.29, 0.717) is 0 Å². The maximum absolute atomic E-state index is 4.41. The number of hydrogen-bond donors (Lipinski definition) is 0. The summed E-state index contributed by atoms with van der Waals surface area (Å²) >= 11 is 3.17. The van der Waals surface area contributed by atoms with Crippen molar-refractivity contribution >= 4 is 34.6 Å². The van der Waals surface area contributed by atoms with Gasteiger partial charge in [-0.2, -0.15) is 5.10 Å². The molecule has 6 heteroatoms. The second-order valence-electron chi connectivity index (χ2n) is 2.73. The first-order valence-electron chi connectivity index (χ1n) is 4.04. The lowest BCUT2D eigenvalue weighted by molar-refractivity contribution is 0.774. The van der Waals surface area contributed by atoms with Gasteiger partial charge in [-0.25, -0.2) is 9.97 Å². The van der Waals surface area contributed by atoms with E-state index in [0.717, 1.165) is 21.2 Å². The lowest BCUT2D eigenvalue weighted by Crippen LogP contribution is -1.95. The molecular formula is C8H10N4S2. The first kappa shape index (κ1) is 9.79.